The molecule has 2 heterocycles. The summed E-state index contributed by atoms with van der Waals surface area (Å²) in [6, 6.07) is 2.43. The third kappa shape index (κ3) is 3.22. The Morgan fingerprint density at radius 3 is 3.06 bits per heavy atom. The summed E-state index contributed by atoms with van der Waals surface area (Å²) in [5.41, 5.74) is 1.08. The summed E-state index contributed by atoms with van der Waals surface area (Å²) in [7, 11) is 1.64. The molecular weight excluding hydrogens is 296 g/mol. The predicted molar refractivity (Wildman–Crippen MR) is 73.6 cm³/mol. The van der Waals surface area contributed by atoms with E-state index < -0.39 is 0 Å². The van der Waals surface area contributed by atoms with Gasteiger partial charge in [-0.05, 0) is 41.8 Å². The molecule has 1 aromatic heterocycles. The van der Waals surface area contributed by atoms with Crippen molar-refractivity contribution in [1.29, 1.82) is 0 Å². The van der Waals surface area contributed by atoms with Gasteiger partial charge in [0, 0.05) is 35.4 Å². The molecule has 2 atom stereocenters. The van der Waals surface area contributed by atoms with Crippen LogP contribution in [0.2, 0.25) is 0 Å². The fourth-order valence-corrected chi connectivity index (χ4v) is 2.79. The maximum atomic E-state index is 9.64. The Morgan fingerprint density at radius 2 is 2.39 bits per heavy atom. The molecule has 0 aliphatic carbocycles. The highest BCUT2D eigenvalue weighted by molar-refractivity contribution is 9.10. The van der Waals surface area contributed by atoms with Crippen LogP contribution in [0.3, 0.4) is 0 Å². The minimum absolute atomic E-state index is 0.154. The normalized spacial score (nSPS) is 25.1. The Hall–Kier alpha value is -0.650. The molecule has 1 fully saturated rings. The zero-order valence-electron chi connectivity index (χ0n) is 10.8. The second-order valence-corrected chi connectivity index (χ2v) is 5.74. The third-order valence-corrected chi connectivity index (χ3v) is 3.88. The first kappa shape index (κ1) is 13.8. The van der Waals surface area contributed by atoms with E-state index in [2.05, 4.69) is 32.7 Å². The highest BCUT2D eigenvalue weighted by Gasteiger charge is 2.24. The van der Waals surface area contributed by atoms with Crippen molar-refractivity contribution in [3.8, 4) is 5.88 Å². The standard InChI is InChI=1S/C13H19BrN2O2/c1-9-5-12(17)3-4-16(9)8-10-6-11(14)7-15-13(10)18-2/h6-7,9,12,17H,3-5,8H2,1-2H3/t9-,12-/m1/s1. The van der Waals surface area contributed by atoms with Crippen molar-refractivity contribution in [3.05, 3.63) is 22.3 Å². The van der Waals surface area contributed by atoms with Crippen LogP contribution in [-0.4, -0.2) is 40.8 Å². The van der Waals surface area contributed by atoms with Crippen LogP contribution in [0.5, 0.6) is 5.88 Å². The number of aliphatic hydroxyl groups excluding tert-OH is 1. The lowest BCUT2D eigenvalue weighted by Gasteiger charge is -2.35. The smallest absolute Gasteiger partial charge is 0.217 e. The summed E-state index contributed by atoms with van der Waals surface area (Å²) in [6.07, 6.45) is 3.27. The van der Waals surface area contributed by atoms with Crippen molar-refractivity contribution >= 4 is 15.9 Å². The number of halogens is 1. The minimum atomic E-state index is -0.154. The fourth-order valence-electron chi connectivity index (χ4n) is 2.42. The zero-order chi connectivity index (χ0) is 13.1. The molecule has 2 rings (SSSR count). The molecule has 1 aliphatic heterocycles. The van der Waals surface area contributed by atoms with E-state index in [-0.39, 0.29) is 6.10 Å². The molecule has 0 unspecified atom stereocenters. The van der Waals surface area contributed by atoms with Gasteiger partial charge in [0.1, 0.15) is 0 Å². The molecule has 1 aromatic rings. The van der Waals surface area contributed by atoms with E-state index in [1.54, 1.807) is 13.3 Å². The quantitative estimate of drug-likeness (QED) is 0.929. The Labute approximate surface area is 116 Å². The van der Waals surface area contributed by atoms with Gasteiger partial charge in [0.25, 0.3) is 0 Å². The molecule has 0 bridgehead atoms. The van der Waals surface area contributed by atoms with Gasteiger partial charge in [-0.25, -0.2) is 4.98 Å². The Kier molecular flexibility index (Phi) is 4.59. The number of ether oxygens (including phenoxy) is 1. The van der Waals surface area contributed by atoms with E-state index >= 15 is 0 Å². The number of nitrogens with zero attached hydrogens (tertiary/aromatic N) is 2. The van der Waals surface area contributed by atoms with E-state index in [1.807, 2.05) is 6.07 Å². The van der Waals surface area contributed by atoms with Crippen LogP contribution >= 0.6 is 15.9 Å². The number of rotatable bonds is 3. The van der Waals surface area contributed by atoms with Crippen LogP contribution < -0.4 is 4.74 Å². The number of methoxy groups -OCH3 is 1. The van der Waals surface area contributed by atoms with Crippen LogP contribution in [0.15, 0.2) is 16.7 Å². The summed E-state index contributed by atoms with van der Waals surface area (Å²) in [4.78, 5) is 6.62. The van der Waals surface area contributed by atoms with Crippen LogP contribution in [0, 0.1) is 0 Å². The number of hydrogen-bond acceptors (Lipinski definition) is 4. The number of aliphatic hydroxyl groups is 1. The molecule has 0 aromatic carbocycles. The Bertz CT molecular complexity index is 414. The van der Waals surface area contributed by atoms with Crippen LogP contribution in [0.1, 0.15) is 25.3 Å². The molecule has 0 amide bonds. The van der Waals surface area contributed by atoms with Crippen LogP contribution in [0.25, 0.3) is 0 Å². The van der Waals surface area contributed by atoms with Gasteiger partial charge in [0.2, 0.25) is 5.88 Å². The van der Waals surface area contributed by atoms with E-state index in [0.29, 0.717) is 11.9 Å². The van der Waals surface area contributed by atoms with Gasteiger partial charge in [-0.15, -0.1) is 0 Å². The van der Waals surface area contributed by atoms with Gasteiger partial charge in [-0.3, -0.25) is 4.90 Å². The number of aromatic nitrogens is 1. The highest BCUT2D eigenvalue weighted by atomic mass is 79.9. The van der Waals surface area contributed by atoms with E-state index in [9.17, 15) is 5.11 Å². The second-order valence-electron chi connectivity index (χ2n) is 4.82. The van der Waals surface area contributed by atoms with Crippen molar-refractivity contribution in [1.82, 2.24) is 9.88 Å². The molecular formula is C13H19BrN2O2. The molecule has 4 nitrogen and oxygen atoms in total. The van der Waals surface area contributed by atoms with Gasteiger partial charge < -0.3 is 9.84 Å². The molecule has 5 heteroatoms. The average Bonchev–Trinajstić information content (AvgIpc) is 2.33. The summed E-state index contributed by atoms with van der Waals surface area (Å²) in [6.45, 7) is 3.88. The van der Waals surface area contributed by atoms with Gasteiger partial charge in [0.05, 0.1) is 13.2 Å². The lowest BCUT2D eigenvalue weighted by Crippen LogP contribution is -2.42. The largest absolute Gasteiger partial charge is 0.481 e. The summed E-state index contributed by atoms with van der Waals surface area (Å²) in [5, 5.41) is 9.64. The lowest BCUT2D eigenvalue weighted by molar-refractivity contribution is 0.0437. The van der Waals surface area contributed by atoms with Gasteiger partial charge >= 0.3 is 0 Å². The monoisotopic (exact) mass is 314 g/mol. The highest BCUT2D eigenvalue weighted by Crippen LogP contribution is 2.25. The molecule has 100 valence electrons. The van der Waals surface area contributed by atoms with Crippen molar-refractivity contribution in [2.75, 3.05) is 13.7 Å². The zero-order valence-corrected chi connectivity index (χ0v) is 12.4. The number of piperidine rings is 1. The van der Waals surface area contributed by atoms with Crippen molar-refractivity contribution in [2.45, 2.75) is 38.5 Å². The number of likely N-dealkylation sites (tertiary alicyclic amines) is 1. The first-order valence-corrected chi connectivity index (χ1v) is 7.00. The Morgan fingerprint density at radius 1 is 1.61 bits per heavy atom. The minimum Gasteiger partial charge on any atom is -0.481 e. The van der Waals surface area contributed by atoms with Crippen molar-refractivity contribution < 1.29 is 9.84 Å². The maximum absolute atomic E-state index is 9.64. The van der Waals surface area contributed by atoms with Crippen LogP contribution in [0.4, 0.5) is 0 Å². The Balaban J connectivity index is 2.11. The first-order chi connectivity index (χ1) is 8.60. The van der Waals surface area contributed by atoms with E-state index in [0.717, 1.165) is 36.0 Å². The molecule has 1 saturated heterocycles. The number of hydrogen-bond donors (Lipinski definition) is 1. The van der Waals surface area contributed by atoms with Crippen molar-refractivity contribution in [2.24, 2.45) is 0 Å². The molecule has 1 aliphatic rings. The topological polar surface area (TPSA) is 45.6 Å². The molecule has 0 spiro atoms. The molecule has 18 heavy (non-hydrogen) atoms. The van der Waals surface area contributed by atoms with Gasteiger partial charge in [0.15, 0.2) is 0 Å². The van der Waals surface area contributed by atoms with Crippen molar-refractivity contribution in [3.63, 3.8) is 0 Å². The fraction of sp³-hybridized carbons (Fsp3) is 0.615. The number of pyridine rings is 1. The second kappa shape index (κ2) is 5.99. The summed E-state index contributed by atoms with van der Waals surface area (Å²) in [5.74, 6) is 0.677. The van der Waals surface area contributed by atoms with Gasteiger partial charge in [-0.1, -0.05) is 0 Å². The lowest BCUT2D eigenvalue weighted by atomic mass is 10.0. The van der Waals surface area contributed by atoms with Crippen LogP contribution in [-0.2, 0) is 6.54 Å². The predicted octanol–water partition coefficient (Wildman–Crippen LogP) is 2.20. The molecule has 0 radical (unpaired) electrons. The van der Waals surface area contributed by atoms with E-state index in [1.165, 1.54) is 0 Å². The third-order valence-electron chi connectivity index (χ3n) is 3.44. The summed E-state index contributed by atoms with van der Waals surface area (Å²) < 4.78 is 6.25. The summed E-state index contributed by atoms with van der Waals surface area (Å²) >= 11 is 3.44. The van der Waals surface area contributed by atoms with E-state index in [4.69, 9.17) is 4.74 Å². The average molecular weight is 315 g/mol. The first-order valence-electron chi connectivity index (χ1n) is 6.20. The SMILES string of the molecule is COc1ncc(Br)cc1CN1CC[C@@H](O)C[C@H]1C. The molecule has 1 N–H and O–H groups in total. The maximum Gasteiger partial charge on any atom is 0.217 e. The van der Waals surface area contributed by atoms with Gasteiger partial charge in [-0.2, -0.15) is 0 Å². The molecule has 0 saturated carbocycles.